The topological polar surface area (TPSA) is 9.23 Å². The molecule has 1 nitrogen and oxygen atoms in total. The summed E-state index contributed by atoms with van der Waals surface area (Å²) in [4.78, 5) is 0. The zero-order valence-corrected chi connectivity index (χ0v) is 10.8. The minimum atomic E-state index is 0.446. The molecule has 0 spiro atoms. The largest absolute Gasteiger partial charge is 0.382 e. The van der Waals surface area contributed by atoms with Crippen molar-refractivity contribution in [1.82, 2.24) is 0 Å². The van der Waals surface area contributed by atoms with Gasteiger partial charge in [0.2, 0.25) is 0 Å². The number of hydrogen-bond donors (Lipinski definition) is 0. The molecule has 0 aromatic rings. The highest BCUT2D eigenvalue weighted by Gasteiger charge is 1.98. The van der Waals surface area contributed by atoms with Gasteiger partial charge in [-0.25, -0.2) is 0 Å². The molecule has 0 saturated carbocycles. The Kier molecular flexibility index (Phi) is 12.0. The third-order valence-electron chi connectivity index (χ3n) is 3.01. The van der Waals surface area contributed by atoms with Crippen molar-refractivity contribution in [3.63, 3.8) is 0 Å². The molecule has 0 aliphatic heterocycles. The van der Waals surface area contributed by atoms with Crippen molar-refractivity contribution in [2.24, 2.45) is 0 Å². The van der Waals surface area contributed by atoms with Gasteiger partial charge in [0.25, 0.3) is 0 Å². The normalized spacial score (nSPS) is 13.0. The molecular formula is C14H29O. The second kappa shape index (κ2) is 12.0. The summed E-state index contributed by atoms with van der Waals surface area (Å²) >= 11 is 0. The Labute approximate surface area is 96.6 Å². The molecule has 0 heterocycles. The van der Waals surface area contributed by atoms with E-state index in [0.29, 0.717) is 6.10 Å². The van der Waals surface area contributed by atoms with E-state index in [1.54, 1.807) is 7.11 Å². The van der Waals surface area contributed by atoms with Crippen molar-refractivity contribution in [3.05, 3.63) is 6.92 Å². The summed E-state index contributed by atoms with van der Waals surface area (Å²) in [5.41, 5.74) is 0. The molecule has 0 fully saturated rings. The average molecular weight is 213 g/mol. The molecule has 1 heteroatoms. The average Bonchev–Trinajstić information content (AvgIpc) is 2.26. The molecule has 0 bridgehead atoms. The van der Waals surface area contributed by atoms with Crippen LogP contribution >= 0.6 is 0 Å². The molecule has 0 aromatic carbocycles. The van der Waals surface area contributed by atoms with Crippen LogP contribution in [0.5, 0.6) is 0 Å². The lowest BCUT2D eigenvalue weighted by atomic mass is 10.1. The van der Waals surface area contributed by atoms with Crippen molar-refractivity contribution < 1.29 is 4.74 Å². The lowest BCUT2D eigenvalue weighted by molar-refractivity contribution is 0.108. The minimum absolute atomic E-state index is 0.446. The van der Waals surface area contributed by atoms with E-state index in [9.17, 15) is 0 Å². The lowest BCUT2D eigenvalue weighted by Crippen LogP contribution is -2.03. The van der Waals surface area contributed by atoms with Gasteiger partial charge in [0.15, 0.2) is 0 Å². The maximum Gasteiger partial charge on any atom is 0.0543 e. The van der Waals surface area contributed by atoms with E-state index in [4.69, 9.17) is 4.74 Å². The van der Waals surface area contributed by atoms with Crippen LogP contribution in [0.25, 0.3) is 0 Å². The van der Waals surface area contributed by atoms with E-state index >= 15 is 0 Å². The van der Waals surface area contributed by atoms with E-state index < -0.39 is 0 Å². The molecule has 0 amide bonds. The van der Waals surface area contributed by atoms with Crippen LogP contribution in [0.15, 0.2) is 0 Å². The summed E-state index contributed by atoms with van der Waals surface area (Å²) < 4.78 is 5.22. The number of unbranched alkanes of at least 4 members (excludes halogenated alkanes) is 8. The van der Waals surface area contributed by atoms with Gasteiger partial charge in [-0.15, -0.1) is 0 Å². The first-order valence-corrected chi connectivity index (χ1v) is 6.63. The van der Waals surface area contributed by atoms with Gasteiger partial charge in [0.05, 0.1) is 6.10 Å². The summed E-state index contributed by atoms with van der Waals surface area (Å²) in [7, 11) is 1.80. The van der Waals surface area contributed by atoms with Crippen LogP contribution in [0.2, 0.25) is 0 Å². The maximum absolute atomic E-state index is 5.22. The fraction of sp³-hybridized carbons (Fsp3) is 0.929. The van der Waals surface area contributed by atoms with Gasteiger partial charge in [-0.3, -0.25) is 0 Å². The van der Waals surface area contributed by atoms with Crippen molar-refractivity contribution >= 4 is 0 Å². The number of methoxy groups -OCH3 is 1. The highest BCUT2D eigenvalue weighted by molar-refractivity contribution is 4.51. The Bertz CT molecular complexity index is 112. The van der Waals surface area contributed by atoms with Gasteiger partial charge in [0.1, 0.15) is 0 Å². The van der Waals surface area contributed by atoms with E-state index in [1.807, 2.05) is 0 Å². The number of rotatable bonds is 11. The van der Waals surface area contributed by atoms with Crippen LogP contribution in [-0.2, 0) is 4.74 Å². The number of hydrogen-bond acceptors (Lipinski definition) is 1. The molecule has 1 unspecified atom stereocenters. The molecule has 1 atom stereocenters. The zero-order chi connectivity index (χ0) is 11.4. The van der Waals surface area contributed by atoms with Crippen LogP contribution < -0.4 is 0 Å². The summed E-state index contributed by atoms with van der Waals surface area (Å²) in [6.45, 7) is 6.01. The summed E-state index contributed by atoms with van der Waals surface area (Å²) in [6, 6.07) is 0. The fourth-order valence-electron chi connectivity index (χ4n) is 1.79. The Balaban J connectivity index is 2.92. The second-order valence-electron chi connectivity index (χ2n) is 4.52. The lowest BCUT2D eigenvalue weighted by Gasteiger charge is -2.08. The van der Waals surface area contributed by atoms with Gasteiger partial charge in [-0.1, -0.05) is 64.7 Å². The Morgan fingerprint density at radius 1 is 0.867 bits per heavy atom. The van der Waals surface area contributed by atoms with Gasteiger partial charge in [0, 0.05) is 7.11 Å². The smallest absolute Gasteiger partial charge is 0.0543 e. The van der Waals surface area contributed by atoms with Gasteiger partial charge in [-0.05, 0) is 13.3 Å². The van der Waals surface area contributed by atoms with Gasteiger partial charge < -0.3 is 4.74 Å². The molecule has 15 heavy (non-hydrogen) atoms. The van der Waals surface area contributed by atoms with Crippen LogP contribution in [0, 0.1) is 6.92 Å². The quantitative estimate of drug-likeness (QED) is 0.450. The second-order valence-corrected chi connectivity index (χ2v) is 4.52. The van der Waals surface area contributed by atoms with Crippen molar-refractivity contribution in [3.8, 4) is 0 Å². The molecule has 0 saturated heterocycles. The molecule has 0 N–H and O–H groups in total. The van der Waals surface area contributed by atoms with Crippen molar-refractivity contribution in [1.29, 1.82) is 0 Å². The van der Waals surface area contributed by atoms with Gasteiger partial charge in [-0.2, -0.15) is 0 Å². The standard InChI is InChI=1S/C14H29O/c1-4-5-6-7-8-9-10-11-12-13-14(2)15-3/h14H,1,4-13H2,2-3H3. The third kappa shape index (κ3) is 11.9. The predicted molar refractivity (Wildman–Crippen MR) is 68.0 cm³/mol. The zero-order valence-electron chi connectivity index (χ0n) is 10.8. The van der Waals surface area contributed by atoms with E-state index in [0.717, 1.165) is 6.42 Å². The van der Waals surface area contributed by atoms with Crippen LogP contribution in [0.3, 0.4) is 0 Å². The molecular weight excluding hydrogens is 184 g/mol. The van der Waals surface area contributed by atoms with Crippen LogP contribution in [0.4, 0.5) is 0 Å². The van der Waals surface area contributed by atoms with E-state index in [1.165, 1.54) is 57.8 Å². The monoisotopic (exact) mass is 213 g/mol. The summed E-state index contributed by atoms with van der Waals surface area (Å²) in [6.07, 6.45) is 13.8. The Morgan fingerprint density at radius 2 is 1.33 bits per heavy atom. The maximum atomic E-state index is 5.22. The SMILES string of the molecule is [CH2]CCCCCCCCCCC(C)OC. The summed E-state index contributed by atoms with van der Waals surface area (Å²) in [5, 5.41) is 0. The highest BCUT2D eigenvalue weighted by atomic mass is 16.5. The first kappa shape index (κ1) is 15.0. The molecule has 0 aromatic heterocycles. The molecule has 1 radical (unpaired) electrons. The first-order valence-electron chi connectivity index (χ1n) is 6.63. The summed E-state index contributed by atoms with van der Waals surface area (Å²) in [5.74, 6) is 0. The van der Waals surface area contributed by atoms with E-state index in [2.05, 4.69) is 13.8 Å². The fourth-order valence-corrected chi connectivity index (χ4v) is 1.79. The molecule has 0 aliphatic rings. The van der Waals surface area contributed by atoms with Crippen LogP contribution in [0.1, 0.15) is 71.1 Å². The number of ether oxygens (including phenoxy) is 1. The minimum Gasteiger partial charge on any atom is -0.382 e. The highest BCUT2D eigenvalue weighted by Crippen LogP contribution is 2.11. The van der Waals surface area contributed by atoms with Crippen molar-refractivity contribution in [2.45, 2.75) is 77.2 Å². The Hall–Kier alpha value is -0.0400. The molecule has 91 valence electrons. The van der Waals surface area contributed by atoms with E-state index in [-0.39, 0.29) is 0 Å². The van der Waals surface area contributed by atoms with Crippen LogP contribution in [-0.4, -0.2) is 13.2 Å². The van der Waals surface area contributed by atoms with Gasteiger partial charge >= 0.3 is 0 Å². The van der Waals surface area contributed by atoms with Crippen molar-refractivity contribution in [2.75, 3.05) is 7.11 Å². The predicted octanol–water partition coefficient (Wildman–Crippen LogP) is 4.76. The third-order valence-corrected chi connectivity index (χ3v) is 3.01. The first-order chi connectivity index (χ1) is 7.31. The molecule has 0 rings (SSSR count). The Morgan fingerprint density at radius 3 is 1.80 bits per heavy atom. The molecule has 0 aliphatic carbocycles.